The molecule has 0 saturated carbocycles. The van der Waals surface area contributed by atoms with E-state index in [4.69, 9.17) is 9.15 Å². The van der Waals surface area contributed by atoms with Gasteiger partial charge in [0, 0.05) is 0 Å². The Morgan fingerprint density at radius 1 is 1.62 bits per heavy atom. The summed E-state index contributed by atoms with van der Waals surface area (Å²) in [5.41, 5.74) is -0.547. The first-order valence-corrected chi connectivity index (χ1v) is 4.77. The zero-order valence-electron chi connectivity index (χ0n) is 9.44. The third kappa shape index (κ3) is 4.12. The zero-order valence-corrected chi connectivity index (χ0v) is 9.44. The fraction of sp³-hybridized carbons (Fsp3) is 0.500. The smallest absolute Gasteiger partial charge is 0.408 e. The summed E-state index contributed by atoms with van der Waals surface area (Å²) in [6.07, 6.45) is 1.28. The molecule has 0 aliphatic rings. The predicted octanol–water partition coefficient (Wildman–Crippen LogP) is 1.51. The summed E-state index contributed by atoms with van der Waals surface area (Å²) in [7, 11) is 0. The lowest BCUT2D eigenvalue weighted by molar-refractivity contribution is 0.0519. The second-order valence-corrected chi connectivity index (χ2v) is 4.13. The minimum atomic E-state index is -0.557. The Balaban J connectivity index is 2.40. The van der Waals surface area contributed by atoms with Crippen molar-refractivity contribution >= 4 is 12.4 Å². The van der Waals surface area contributed by atoms with Crippen LogP contribution in [0.2, 0.25) is 0 Å². The van der Waals surface area contributed by atoms with E-state index in [1.807, 2.05) is 0 Å². The van der Waals surface area contributed by atoms with Crippen LogP contribution < -0.4 is 5.32 Å². The van der Waals surface area contributed by atoms with Crippen LogP contribution in [-0.2, 0) is 11.3 Å². The average Bonchev–Trinajstić information content (AvgIpc) is 2.59. The lowest BCUT2D eigenvalue weighted by Crippen LogP contribution is -2.32. The first-order chi connectivity index (χ1) is 7.40. The highest BCUT2D eigenvalue weighted by Crippen LogP contribution is 2.07. The number of aldehydes is 1. The molecular formula is C10H14N2O4. The Morgan fingerprint density at radius 3 is 2.81 bits per heavy atom. The SMILES string of the molecule is CC(C)(C)OC(=O)NCc1ncc(C=O)o1. The molecule has 0 unspecified atom stereocenters. The van der Waals surface area contributed by atoms with Gasteiger partial charge in [-0.1, -0.05) is 0 Å². The number of nitrogens with one attached hydrogen (secondary N) is 1. The van der Waals surface area contributed by atoms with E-state index in [-0.39, 0.29) is 18.2 Å². The molecule has 6 nitrogen and oxygen atoms in total. The topological polar surface area (TPSA) is 81.4 Å². The standard InChI is InChI=1S/C10H14N2O4/c1-10(2,3)16-9(14)12-5-8-11-4-7(6-13)15-8/h4,6H,5H2,1-3H3,(H,12,14). The maximum atomic E-state index is 11.2. The van der Waals surface area contributed by atoms with Crippen molar-refractivity contribution in [3.8, 4) is 0 Å². The van der Waals surface area contributed by atoms with Gasteiger partial charge in [-0.3, -0.25) is 4.79 Å². The van der Waals surface area contributed by atoms with E-state index in [0.29, 0.717) is 6.29 Å². The molecule has 1 heterocycles. The number of alkyl carbamates (subject to hydrolysis) is 1. The summed E-state index contributed by atoms with van der Waals surface area (Å²) in [5.74, 6) is 0.383. The quantitative estimate of drug-likeness (QED) is 0.790. The van der Waals surface area contributed by atoms with E-state index in [0.717, 1.165) is 0 Å². The van der Waals surface area contributed by atoms with Crippen molar-refractivity contribution < 1.29 is 18.7 Å². The van der Waals surface area contributed by atoms with Crippen LogP contribution in [0.1, 0.15) is 37.2 Å². The minimum Gasteiger partial charge on any atom is -0.444 e. The maximum Gasteiger partial charge on any atom is 0.408 e. The number of aromatic nitrogens is 1. The van der Waals surface area contributed by atoms with Gasteiger partial charge in [0.05, 0.1) is 12.7 Å². The highest BCUT2D eigenvalue weighted by atomic mass is 16.6. The van der Waals surface area contributed by atoms with Crippen LogP contribution in [0.5, 0.6) is 0 Å². The number of oxazole rings is 1. The molecule has 0 aromatic carbocycles. The number of rotatable bonds is 3. The monoisotopic (exact) mass is 226 g/mol. The summed E-state index contributed by atoms with van der Waals surface area (Å²) in [6, 6.07) is 0. The molecule has 0 atom stereocenters. The van der Waals surface area contributed by atoms with Crippen molar-refractivity contribution in [1.29, 1.82) is 0 Å². The molecule has 0 fully saturated rings. The molecule has 1 amide bonds. The molecular weight excluding hydrogens is 212 g/mol. The molecule has 1 rings (SSSR count). The Morgan fingerprint density at radius 2 is 2.31 bits per heavy atom. The van der Waals surface area contributed by atoms with Crippen LogP contribution in [0.4, 0.5) is 4.79 Å². The maximum absolute atomic E-state index is 11.2. The van der Waals surface area contributed by atoms with Crippen molar-refractivity contribution in [2.24, 2.45) is 0 Å². The largest absolute Gasteiger partial charge is 0.444 e. The Bertz CT molecular complexity index is 378. The summed E-state index contributed by atoms with van der Waals surface area (Å²) in [5, 5.41) is 2.46. The molecule has 0 aliphatic carbocycles. The molecule has 0 aliphatic heterocycles. The Kier molecular flexibility index (Phi) is 3.65. The zero-order chi connectivity index (χ0) is 12.2. The van der Waals surface area contributed by atoms with Gasteiger partial charge in [-0.2, -0.15) is 0 Å². The second kappa shape index (κ2) is 4.78. The molecule has 0 radical (unpaired) electrons. The number of hydrogen-bond acceptors (Lipinski definition) is 5. The van der Waals surface area contributed by atoms with Crippen molar-refractivity contribution in [2.45, 2.75) is 32.9 Å². The molecule has 1 aromatic rings. The van der Waals surface area contributed by atoms with Gasteiger partial charge >= 0.3 is 6.09 Å². The van der Waals surface area contributed by atoms with Crippen LogP contribution in [0.25, 0.3) is 0 Å². The fourth-order valence-corrected chi connectivity index (χ4v) is 0.923. The summed E-state index contributed by atoms with van der Waals surface area (Å²) >= 11 is 0. The van der Waals surface area contributed by atoms with Gasteiger partial charge in [-0.15, -0.1) is 0 Å². The fourth-order valence-electron chi connectivity index (χ4n) is 0.923. The number of amides is 1. The first kappa shape index (κ1) is 12.2. The molecule has 1 N–H and O–H groups in total. The van der Waals surface area contributed by atoms with Gasteiger partial charge in [0.15, 0.2) is 12.0 Å². The van der Waals surface area contributed by atoms with Crippen LogP contribution in [0.3, 0.4) is 0 Å². The van der Waals surface area contributed by atoms with E-state index >= 15 is 0 Å². The highest BCUT2D eigenvalue weighted by molar-refractivity contribution is 5.69. The molecule has 0 spiro atoms. The van der Waals surface area contributed by atoms with E-state index in [1.165, 1.54) is 6.20 Å². The minimum absolute atomic E-state index is 0.0861. The summed E-state index contributed by atoms with van der Waals surface area (Å²) < 4.78 is 9.97. The number of hydrogen-bond donors (Lipinski definition) is 1. The van der Waals surface area contributed by atoms with Crippen LogP contribution in [0.15, 0.2) is 10.6 Å². The van der Waals surface area contributed by atoms with E-state index < -0.39 is 11.7 Å². The van der Waals surface area contributed by atoms with Crippen LogP contribution >= 0.6 is 0 Å². The van der Waals surface area contributed by atoms with Gasteiger partial charge in [-0.25, -0.2) is 9.78 Å². The van der Waals surface area contributed by atoms with Gasteiger partial charge < -0.3 is 14.5 Å². The van der Waals surface area contributed by atoms with Gasteiger partial charge in [-0.05, 0) is 20.8 Å². The molecule has 16 heavy (non-hydrogen) atoms. The number of carbonyl (C=O) groups excluding carboxylic acids is 2. The number of nitrogens with zero attached hydrogens (tertiary/aromatic N) is 1. The molecule has 0 saturated heterocycles. The summed E-state index contributed by atoms with van der Waals surface area (Å²) in [6.45, 7) is 5.38. The normalized spacial score (nSPS) is 10.9. The molecule has 88 valence electrons. The lowest BCUT2D eigenvalue weighted by atomic mass is 10.2. The van der Waals surface area contributed by atoms with Crippen molar-refractivity contribution in [2.75, 3.05) is 0 Å². The third-order valence-corrected chi connectivity index (χ3v) is 1.47. The molecule has 0 bridgehead atoms. The van der Waals surface area contributed by atoms with E-state index in [1.54, 1.807) is 20.8 Å². The van der Waals surface area contributed by atoms with Gasteiger partial charge in [0.1, 0.15) is 5.60 Å². The number of carbonyl (C=O) groups is 2. The van der Waals surface area contributed by atoms with Crippen molar-refractivity contribution in [1.82, 2.24) is 10.3 Å². The average molecular weight is 226 g/mol. The van der Waals surface area contributed by atoms with E-state index in [2.05, 4.69) is 10.3 Å². The van der Waals surface area contributed by atoms with Crippen molar-refractivity contribution in [3.63, 3.8) is 0 Å². The highest BCUT2D eigenvalue weighted by Gasteiger charge is 2.16. The molecule has 1 aromatic heterocycles. The van der Waals surface area contributed by atoms with Crippen LogP contribution in [0, 0.1) is 0 Å². The third-order valence-electron chi connectivity index (χ3n) is 1.47. The van der Waals surface area contributed by atoms with Crippen molar-refractivity contribution in [3.05, 3.63) is 17.8 Å². The lowest BCUT2D eigenvalue weighted by Gasteiger charge is -2.19. The second-order valence-electron chi connectivity index (χ2n) is 4.13. The predicted molar refractivity (Wildman–Crippen MR) is 55.0 cm³/mol. The van der Waals surface area contributed by atoms with Gasteiger partial charge in [0.25, 0.3) is 0 Å². The Hall–Kier alpha value is -1.85. The van der Waals surface area contributed by atoms with Gasteiger partial charge in [0.2, 0.25) is 5.89 Å². The Labute approximate surface area is 93.0 Å². The van der Waals surface area contributed by atoms with Crippen LogP contribution in [-0.4, -0.2) is 23.0 Å². The summed E-state index contributed by atoms with van der Waals surface area (Å²) in [4.78, 5) is 25.3. The first-order valence-electron chi connectivity index (χ1n) is 4.77. The molecule has 6 heteroatoms. The van der Waals surface area contributed by atoms with E-state index in [9.17, 15) is 9.59 Å². The number of ether oxygens (including phenoxy) is 1.